The number of fused-ring (bicyclic) bond motifs is 1. The number of carbonyl (C=O) groups excluding carboxylic acids is 2. The van der Waals surface area contributed by atoms with E-state index in [9.17, 15) is 9.59 Å². The van der Waals surface area contributed by atoms with Crippen molar-refractivity contribution >= 4 is 40.0 Å². The summed E-state index contributed by atoms with van der Waals surface area (Å²) in [4.78, 5) is 25.9. The minimum absolute atomic E-state index is 0.180. The number of aromatic nitrogens is 4. The molecule has 8 nitrogen and oxygen atoms in total. The zero-order valence-corrected chi connectivity index (χ0v) is 18.7. The molecule has 0 bridgehead atoms. The molecule has 1 amide bonds. The third-order valence-corrected chi connectivity index (χ3v) is 7.44. The Bertz CT molecular complexity index is 1100. The van der Waals surface area contributed by atoms with Crippen LogP contribution in [0.15, 0.2) is 23.5 Å². The molecular weight excluding hydrogens is 422 g/mol. The van der Waals surface area contributed by atoms with Crippen LogP contribution in [0.3, 0.4) is 0 Å². The van der Waals surface area contributed by atoms with Crippen molar-refractivity contribution in [1.82, 2.24) is 19.3 Å². The second-order valence-electron chi connectivity index (χ2n) is 7.13. The van der Waals surface area contributed by atoms with Crippen molar-refractivity contribution in [1.29, 1.82) is 0 Å². The predicted molar refractivity (Wildman–Crippen MR) is 116 cm³/mol. The second-order valence-corrected chi connectivity index (χ2v) is 9.18. The van der Waals surface area contributed by atoms with Gasteiger partial charge in [-0.1, -0.05) is 11.8 Å². The largest absolute Gasteiger partial charge is 0.465 e. The Balaban J connectivity index is 1.40. The quantitative estimate of drug-likeness (QED) is 0.444. The Kier molecular flexibility index (Phi) is 5.96. The van der Waals surface area contributed by atoms with Crippen LogP contribution in [-0.2, 0) is 42.9 Å². The number of amides is 1. The Labute approximate surface area is 182 Å². The van der Waals surface area contributed by atoms with Crippen LogP contribution in [0.25, 0.3) is 0 Å². The van der Waals surface area contributed by atoms with E-state index in [1.54, 1.807) is 0 Å². The number of nitrogens with one attached hydrogen (secondary N) is 1. The molecular formula is C20H23N5O3S2. The Hall–Kier alpha value is -2.59. The number of esters is 1. The van der Waals surface area contributed by atoms with E-state index in [4.69, 9.17) is 4.74 Å². The summed E-state index contributed by atoms with van der Waals surface area (Å²) >= 11 is 2.80. The maximum absolute atomic E-state index is 12.6. The van der Waals surface area contributed by atoms with Crippen molar-refractivity contribution in [3.05, 3.63) is 45.9 Å². The lowest BCUT2D eigenvalue weighted by molar-refractivity contribution is -0.113. The van der Waals surface area contributed by atoms with E-state index < -0.39 is 5.97 Å². The first-order chi connectivity index (χ1) is 14.5. The van der Waals surface area contributed by atoms with Crippen molar-refractivity contribution in [3.8, 4) is 0 Å². The number of nitrogens with zero attached hydrogens (tertiary/aromatic N) is 4. The van der Waals surface area contributed by atoms with Gasteiger partial charge in [0.2, 0.25) is 5.91 Å². The minimum atomic E-state index is -0.393. The summed E-state index contributed by atoms with van der Waals surface area (Å²) < 4.78 is 8.88. The summed E-state index contributed by atoms with van der Waals surface area (Å²) in [7, 11) is 5.26. The first-order valence-electron chi connectivity index (χ1n) is 9.62. The van der Waals surface area contributed by atoms with E-state index in [0.29, 0.717) is 22.1 Å². The normalized spacial score (nSPS) is 12.8. The molecule has 1 aliphatic carbocycles. The van der Waals surface area contributed by atoms with Gasteiger partial charge in [0.15, 0.2) is 5.16 Å². The average molecular weight is 446 g/mol. The fourth-order valence-corrected chi connectivity index (χ4v) is 5.59. The summed E-state index contributed by atoms with van der Waals surface area (Å²) in [6.07, 6.45) is 5.49. The number of rotatable bonds is 7. The van der Waals surface area contributed by atoms with Crippen LogP contribution in [-0.4, -0.2) is 44.1 Å². The molecule has 0 spiro atoms. The lowest BCUT2D eigenvalue weighted by atomic mass is 10.1. The fraction of sp³-hybridized carbons (Fsp3) is 0.400. The van der Waals surface area contributed by atoms with Gasteiger partial charge in [-0.15, -0.1) is 21.5 Å². The standard InChI is InChI=1S/C20H23N5O3S2/c1-24-9-5-6-12(24)10-15-22-23-20(25(15)2)29-11-16(26)21-18-17(19(27)28-3)13-7-4-8-14(13)30-18/h5-6,9H,4,7-8,10-11H2,1-3H3,(H,21,26). The molecule has 0 fully saturated rings. The molecule has 1 aliphatic rings. The fourth-order valence-electron chi connectivity index (χ4n) is 3.57. The predicted octanol–water partition coefficient (Wildman–Crippen LogP) is 2.81. The summed E-state index contributed by atoms with van der Waals surface area (Å²) in [5.74, 6) is 0.439. The van der Waals surface area contributed by atoms with Gasteiger partial charge >= 0.3 is 5.97 Å². The van der Waals surface area contributed by atoms with Crippen LogP contribution in [0.2, 0.25) is 0 Å². The Morgan fingerprint density at radius 1 is 1.30 bits per heavy atom. The van der Waals surface area contributed by atoms with Crippen molar-refractivity contribution in [2.45, 2.75) is 30.8 Å². The van der Waals surface area contributed by atoms with Gasteiger partial charge in [0.25, 0.3) is 0 Å². The van der Waals surface area contributed by atoms with Gasteiger partial charge < -0.3 is 19.2 Å². The average Bonchev–Trinajstić information content (AvgIpc) is 3.48. The van der Waals surface area contributed by atoms with E-state index in [-0.39, 0.29) is 11.7 Å². The molecule has 3 aromatic heterocycles. The molecule has 10 heteroatoms. The van der Waals surface area contributed by atoms with Crippen LogP contribution < -0.4 is 5.32 Å². The first kappa shape index (κ1) is 20.7. The molecule has 0 unspecified atom stereocenters. The van der Waals surface area contributed by atoms with Gasteiger partial charge in [-0.25, -0.2) is 4.79 Å². The van der Waals surface area contributed by atoms with Crippen LogP contribution in [0, 0.1) is 0 Å². The number of thioether (sulfide) groups is 1. The number of hydrogen-bond donors (Lipinski definition) is 1. The highest BCUT2D eigenvalue weighted by Gasteiger charge is 2.28. The molecule has 3 aromatic rings. The van der Waals surface area contributed by atoms with Gasteiger partial charge in [0.05, 0.1) is 18.4 Å². The molecule has 30 heavy (non-hydrogen) atoms. The summed E-state index contributed by atoms with van der Waals surface area (Å²) in [6.45, 7) is 0. The molecule has 3 heterocycles. The van der Waals surface area contributed by atoms with Crippen molar-refractivity contribution in [2.24, 2.45) is 14.1 Å². The maximum Gasteiger partial charge on any atom is 0.341 e. The zero-order chi connectivity index (χ0) is 21.3. The van der Waals surface area contributed by atoms with E-state index in [1.807, 2.05) is 41.6 Å². The van der Waals surface area contributed by atoms with E-state index in [2.05, 4.69) is 15.5 Å². The highest BCUT2D eigenvalue weighted by molar-refractivity contribution is 7.99. The van der Waals surface area contributed by atoms with Gasteiger partial charge in [-0.3, -0.25) is 4.79 Å². The highest BCUT2D eigenvalue weighted by Crippen LogP contribution is 2.39. The van der Waals surface area contributed by atoms with Crippen molar-refractivity contribution < 1.29 is 14.3 Å². The monoisotopic (exact) mass is 445 g/mol. The van der Waals surface area contributed by atoms with Gasteiger partial charge in [-0.05, 0) is 37.0 Å². The Morgan fingerprint density at radius 2 is 2.13 bits per heavy atom. The van der Waals surface area contributed by atoms with Crippen molar-refractivity contribution in [2.75, 3.05) is 18.2 Å². The van der Waals surface area contributed by atoms with Crippen molar-refractivity contribution in [3.63, 3.8) is 0 Å². The molecule has 0 aromatic carbocycles. The molecule has 4 rings (SSSR count). The number of aryl methyl sites for hydroxylation is 2. The van der Waals surface area contributed by atoms with Crippen LogP contribution in [0.4, 0.5) is 5.00 Å². The van der Waals surface area contributed by atoms with E-state index >= 15 is 0 Å². The number of ether oxygens (including phenoxy) is 1. The lowest BCUT2D eigenvalue weighted by Gasteiger charge is -2.07. The van der Waals surface area contributed by atoms with Gasteiger partial charge in [0, 0.05) is 37.3 Å². The molecule has 1 N–H and O–H groups in total. The Morgan fingerprint density at radius 3 is 2.87 bits per heavy atom. The second kappa shape index (κ2) is 8.65. The summed E-state index contributed by atoms with van der Waals surface area (Å²) in [5, 5.41) is 12.6. The number of carbonyl (C=O) groups is 2. The summed E-state index contributed by atoms with van der Waals surface area (Å²) in [6, 6.07) is 4.04. The zero-order valence-electron chi connectivity index (χ0n) is 17.1. The third-order valence-electron chi connectivity index (χ3n) is 5.21. The molecule has 158 valence electrons. The van der Waals surface area contributed by atoms with E-state index in [0.717, 1.165) is 41.2 Å². The topological polar surface area (TPSA) is 91.0 Å². The van der Waals surface area contributed by atoms with Crippen LogP contribution in [0.1, 0.15) is 38.7 Å². The molecule has 0 atom stereocenters. The van der Waals surface area contributed by atoms with Crippen LogP contribution >= 0.6 is 23.1 Å². The number of methoxy groups -OCH3 is 1. The maximum atomic E-state index is 12.6. The highest BCUT2D eigenvalue weighted by atomic mass is 32.2. The molecule has 0 aliphatic heterocycles. The molecule has 0 saturated heterocycles. The van der Waals surface area contributed by atoms with Crippen LogP contribution in [0.5, 0.6) is 0 Å². The SMILES string of the molecule is COC(=O)c1c(NC(=O)CSc2nnc(Cc3cccn3C)n2C)sc2c1CCC2. The summed E-state index contributed by atoms with van der Waals surface area (Å²) in [5.41, 5.74) is 2.67. The first-order valence-corrected chi connectivity index (χ1v) is 11.4. The molecule has 0 radical (unpaired) electrons. The van der Waals surface area contributed by atoms with E-state index in [1.165, 1.54) is 30.2 Å². The third kappa shape index (κ3) is 4.01. The minimum Gasteiger partial charge on any atom is -0.465 e. The number of hydrogen-bond acceptors (Lipinski definition) is 7. The van der Waals surface area contributed by atoms with Gasteiger partial charge in [-0.2, -0.15) is 0 Å². The smallest absolute Gasteiger partial charge is 0.341 e. The van der Waals surface area contributed by atoms with Gasteiger partial charge in [0.1, 0.15) is 10.8 Å². The lowest BCUT2D eigenvalue weighted by Crippen LogP contribution is -2.16. The number of anilines is 1. The molecule has 0 saturated carbocycles. The number of thiophene rings is 1.